The highest BCUT2D eigenvalue weighted by molar-refractivity contribution is 5.84. The van der Waals surface area contributed by atoms with Crippen LogP contribution >= 0.6 is 0 Å². The van der Waals surface area contributed by atoms with Crippen LogP contribution in [0, 0.1) is 0 Å². The fourth-order valence-corrected chi connectivity index (χ4v) is 2.71. The fourth-order valence-electron chi connectivity index (χ4n) is 2.71. The van der Waals surface area contributed by atoms with E-state index in [0.29, 0.717) is 13.1 Å². The average molecular weight is 254 g/mol. The first-order valence-electron chi connectivity index (χ1n) is 7.15. The smallest absolute Gasteiger partial charge is 0.242 e. The lowest BCUT2D eigenvalue weighted by atomic mass is 9.94. The van der Waals surface area contributed by atoms with Gasteiger partial charge < -0.3 is 9.80 Å². The molecule has 0 heterocycles. The van der Waals surface area contributed by atoms with E-state index >= 15 is 0 Å². The Bertz CT molecular complexity index is 282. The second-order valence-electron chi connectivity index (χ2n) is 5.00. The predicted molar refractivity (Wildman–Crippen MR) is 72.2 cm³/mol. The van der Waals surface area contributed by atoms with E-state index in [1.807, 2.05) is 13.8 Å². The zero-order chi connectivity index (χ0) is 13.5. The molecule has 4 nitrogen and oxygen atoms in total. The maximum Gasteiger partial charge on any atom is 0.242 e. The number of hydrogen-bond acceptors (Lipinski definition) is 2. The summed E-state index contributed by atoms with van der Waals surface area (Å²) >= 11 is 0. The molecular weight excluding hydrogens is 228 g/mol. The molecule has 0 aromatic heterocycles. The summed E-state index contributed by atoms with van der Waals surface area (Å²) < 4.78 is 0. The molecule has 0 bridgehead atoms. The van der Waals surface area contributed by atoms with Gasteiger partial charge in [-0.1, -0.05) is 19.3 Å². The Morgan fingerprint density at radius 3 is 2.06 bits per heavy atom. The second kappa shape index (κ2) is 7.39. The van der Waals surface area contributed by atoms with Crippen LogP contribution in [-0.4, -0.2) is 47.3 Å². The molecule has 0 radical (unpaired) electrons. The summed E-state index contributed by atoms with van der Waals surface area (Å²) in [5, 5.41) is 0. The molecule has 1 aliphatic carbocycles. The highest BCUT2D eigenvalue weighted by Crippen LogP contribution is 2.22. The van der Waals surface area contributed by atoms with Crippen LogP contribution in [0.3, 0.4) is 0 Å². The lowest BCUT2D eigenvalue weighted by Gasteiger charge is -2.34. The predicted octanol–water partition coefficient (Wildman–Crippen LogP) is 2.04. The summed E-state index contributed by atoms with van der Waals surface area (Å²) in [7, 11) is 0. The van der Waals surface area contributed by atoms with Crippen molar-refractivity contribution in [3.8, 4) is 0 Å². The minimum Gasteiger partial charge on any atom is -0.342 e. The number of carbonyl (C=O) groups is 2. The molecule has 0 spiro atoms. The van der Waals surface area contributed by atoms with E-state index in [0.717, 1.165) is 12.8 Å². The maximum absolute atomic E-state index is 12.1. The fraction of sp³-hybridized carbons (Fsp3) is 0.857. The third-order valence-corrected chi connectivity index (χ3v) is 3.84. The Hall–Kier alpha value is -1.06. The minimum absolute atomic E-state index is 0.0300. The van der Waals surface area contributed by atoms with Gasteiger partial charge in [0.05, 0.1) is 6.54 Å². The van der Waals surface area contributed by atoms with E-state index in [1.54, 1.807) is 16.7 Å². The van der Waals surface area contributed by atoms with Crippen molar-refractivity contribution in [2.75, 3.05) is 19.6 Å². The van der Waals surface area contributed by atoms with Crippen LogP contribution in [-0.2, 0) is 9.59 Å². The number of likely N-dealkylation sites (N-methyl/N-ethyl adjacent to an activating group) is 1. The van der Waals surface area contributed by atoms with Gasteiger partial charge in [-0.3, -0.25) is 9.59 Å². The molecule has 1 fully saturated rings. The Labute approximate surface area is 110 Å². The summed E-state index contributed by atoms with van der Waals surface area (Å²) in [5.41, 5.74) is 0. The number of nitrogens with zero attached hydrogens (tertiary/aromatic N) is 2. The largest absolute Gasteiger partial charge is 0.342 e. The van der Waals surface area contributed by atoms with Gasteiger partial charge in [0.15, 0.2) is 0 Å². The van der Waals surface area contributed by atoms with Gasteiger partial charge >= 0.3 is 0 Å². The molecule has 2 amide bonds. The van der Waals surface area contributed by atoms with E-state index in [2.05, 4.69) is 0 Å². The topological polar surface area (TPSA) is 40.6 Å². The quantitative estimate of drug-likeness (QED) is 0.753. The lowest BCUT2D eigenvalue weighted by Crippen LogP contribution is -2.47. The Morgan fingerprint density at radius 1 is 1.06 bits per heavy atom. The van der Waals surface area contributed by atoms with Gasteiger partial charge in [-0.2, -0.15) is 0 Å². The van der Waals surface area contributed by atoms with Crippen LogP contribution in [0.4, 0.5) is 0 Å². The Balaban J connectivity index is 2.62. The van der Waals surface area contributed by atoms with Crippen molar-refractivity contribution in [1.29, 1.82) is 0 Å². The molecule has 0 aromatic carbocycles. The molecule has 0 aliphatic heterocycles. The lowest BCUT2D eigenvalue weighted by molar-refractivity contribution is -0.141. The summed E-state index contributed by atoms with van der Waals surface area (Å²) in [6.45, 7) is 7.20. The molecule has 4 heteroatoms. The maximum atomic E-state index is 12.1. The van der Waals surface area contributed by atoms with Gasteiger partial charge in [-0.15, -0.1) is 0 Å². The van der Waals surface area contributed by atoms with E-state index in [-0.39, 0.29) is 24.4 Å². The molecule has 1 saturated carbocycles. The van der Waals surface area contributed by atoms with Crippen molar-refractivity contribution in [1.82, 2.24) is 9.80 Å². The van der Waals surface area contributed by atoms with Gasteiger partial charge in [-0.25, -0.2) is 0 Å². The van der Waals surface area contributed by atoms with Gasteiger partial charge in [0.2, 0.25) is 11.8 Å². The first kappa shape index (κ1) is 15.0. The molecule has 1 aliphatic rings. The Kier molecular flexibility index (Phi) is 6.16. The number of hydrogen-bond donors (Lipinski definition) is 0. The van der Waals surface area contributed by atoms with Gasteiger partial charge in [-0.05, 0) is 26.7 Å². The molecule has 18 heavy (non-hydrogen) atoms. The Morgan fingerprint density at radius 2 is 1.61 bits per heavy atom. The number of rotatable bonds is 5. The first-order valence-corrected chi connectivity index (χ1v) is 7.15. The normalized spacial score (nSPS) is 16.4. The van der Waals surface area contributed by atoms with Crippen LogP contribution in [0.15, 0.2) is 0 Å². The summed E-state index contributed by atoms with van der Waals surface area (Å²) in [6.07, 6.45) is 5.70. The van der Waals surface area contributed by atoms with Crippen molar-refractivity contribution in [2.45, 2.75) is 58.9 Å². The molecule has 0 N–H and O–H groups in total. The van der Waals surface area contributed by atoms with E-state index < -0.39 is 0 Å². The number of amides is 2. The summed E-state index contributed by atoms with van der Waals surface area (Å²) in [5.74, 6) is 0.100. The monoisotopic (exact) mass is 254 g/mol. The highest BCUT2D eigenvalue weighted by atomic mass is 16.2. The van der Waals surface area contributed by atoms with E-state index in [4.69, 9.17) is 0 Å². The molecule has 0 atom stereocenters. The zero-order valence-corrected chi connectivity index (χ0v) is 11.9. The SMILES string of the molecule is CCN(CC)C(=O)CN(C(C)=O)C1CCCCC1. The van der Waals surface area contributed by atoms with Gasteiger partial charge in [0.1, 0.15) is 0 Å². The second-order valence-corrected chi connectivity index (χ2v) is 5.00. The molecular formula is C14H26N2O2. The summed E-state index contributed by atoms with van der Waals surface area (Å²) in [4.78, 5) is 27.4. The van der Waals surface area contributed by atoms with Crippen LogP contribution in [0.2, 0.25) is 0 Å². The standard InChI is InChI=1S/C14H26N2O2/c1-4-15(5-2)14(18)11-16(12(3)17)13-9-7-6-8-10-13/h13H,4-11H2,1-3H3. The van der Waals surface area contributed by atoms with Gasteiger partial charge in [0, 0.05) is 26.1 Å². The van der Waals surface area contributed by atoms with Crippen LogP contribution in [0.1, 0.15) is 52.9 Å². The van der Waals surface area contributed by atoms with Gasteiger partial charge in [0.25, 0.3) is 0 Å². The van der Waals surface area contributed by atoms with Crippen LogP contribution < -0.4 is 0 Å². The molecule has 0 saturated heterocycles. The highest BCUT2D eigenvalue weighted by Gasteiger charge is 2.26. The third kappa shape index (κ3) is 4.00. The van der Waals surface area contributed by atoms with Crippen LogP contribution in [0.25, 0.3) is 0 Å². The van der Waals surface area contributed by atoms with Crippen molar-refractivity contribution < 1.29 is 9.59 Å². The van der Waals surface area contributed by atoms with Crippen molar-refractivity contribution >= 4 is 11.8 Å². The van der Waals surface area contributed by atoms with E-state index in [1.165, 1.54) is 19.3 Å². The molecule has 104 valence electrons. The van der Waals surface area contributed by atoms with Crippen molar-refractivity contribution in [2.24, 2.45) is 0 Å². The average Bonchev–Trinajstić information content (AvgIpc) is 2.38. The number of carbonyl (C=O) groups excluding carboxylic acids is 2. The van der Waals surface area contributed by atoms with E-state index in [9.17, 15) is 9.59 Å². The molecule has 1 rings (SSSR count). The van der Waals surface area contributed by atoms with Crippen molar-refractivity contribution in [3.05, 3.63) is 0 Å². The third-order valence-electron chi connectivity index (χ3n) is 3.84. The molecule has 0 aromatic rings. The summed E-state index contributed by atoms with van der Waals surface area (Å²) in [6, 6.07) is 0.274. The minimum atomic E-state index is 0.0300. The zero-order valence-electron chi connectivity index (χ0n) is 11.9. The van der Waals surface area contributed by atoms with Crippen LogP contribution in [0.5, 0.6) is 0 Å². The van der Waals surface area contributed by atoms with Crippen molar-refractivity contribution in [3.63, 3.8) is 0 Å². The first-order chi connectivity index (χ1) is 8.60. The molecule has 0 unspecified atom stereocenters.